The van der Waals surface area contributed by atoms with Gasteiger partial charge in [0.25, 0.3) is 5.56 Å². The highest BCUT2D eigenvalue weighted by atomic mass is 32.2. The standard InChI is InChI=1S/C19H26N4O2S/c1-13(20)16-8-4-5-10-23(16)18(24)9-11-26-12-17-21-15-7-3-2-6-14(15)19(25)22-17/h2-3,6-7,13,16H,4-5,8-12,20H2,1H3,(H,21,22,25). The molecule has 1 amide bonds. The molecule has 0 spiro atoms. The molecular weight excluding hydrogens is 348 g/mol. The summed E-state index contributed by atoms with van der Waals surface area (Å²) in [6.07, 6.45) is 3.70. The maximum Gasteiger partial charge on any atom is 0.258 e. The number of nitrogens with two attached hydrogens (primary N) is 1. The van der Waals surface area contributed by atoms with Crippen molar-refractivity contribution in [2.45, 2.75) is 50.4 Å². The monoisotopic (exact) mass is 374 g/mol. The Kier molecular flexibility index (Phi) is 6.32. The molecule has 26 heavy (non-hydrogen) atoms. The number of para-hydroxylation sites is 1. The number of hydrogen-bond acceptors (Lipinski definition) is 5. The van der Waals surface area contributed by atoms with Crippen LogP contribution in [0, 0.1) is 0 Å². The van der Waals surface area contributed by atoms with Gasteiger partial charge in [0.15, 0.2) is 0 Å². The molecule has 2 heterocycles. The van der Waals surface area contributed by atoms with Crippen LogP contribution in [0.15, 0.2) is 29.1 Å². The fourth-order valence-electron chi connectivity index (χ4n) is 3.49. The molecule has 0 radical (unpaired) electrons. The second-order valence-corrected chi connectivity index (χ2v) is 7.95. The van der Waals surface area contributed by atoms with Crippen molar-refractivity contribution in [3.05, 3.63) is 40.4 Å². The summed E-state index contributed by atoms with van der Waals surface area (Å²) < 4.78 is 0. The Balaban J connectivity index is 1.52. The predicted octanol–water partition coefficient (Wildman–Crippen LogP) is 2.27. The molecule has 1 aliphatic rings. The number of carbonyl (C=O) groups is 1. The molecule has 7 heteroatoms. The first kappa shape index (κ1) is 18.9. The van der Waals surface area contributed by atoms with E-state index in [4.69, 9.17) is 5.73 Å². The van der Waals surface area contributed by atoms with E-state index in [1.165, 1.54) is 0 Å². The van der Waals surface area contributed by atoms with Crippen LogP contribution in [-0.2, 0) is 10.5 Å². The molecule has 1 aliphatic heterocycles. The van der Waals surface area contributed by atoms with Crippen LogP contribution in [0.4, 0.5) is 0 Å². The minimum Gasteiger partial charge on any atom is -0.338 e. The molecule has 6 nitrogen and oxygen atoms in total. The van der Waals surface area contributed by atoms with Gasteiger partial charge in [-0.15, -0.1) is 0 Å². The van der Waals surface area contributed by atoms with E-state index < -0.39 is 0 Å². The average molecular weight is 375 g/mol. The van der Waals surface area contributed by atoms with E-state index in [0.29, 0.717) is 34.7 Å². The third kappa shape index (κ3) is 4.45. The van der Waals surface area contributed by atoms with Crippen LogP contribution in [0.5, 0.6) is 0 Å². The quantitative estimate of drug-likeness (QED) is 0.757. The van der Waals surface area contributed by atoms with Crippen molar-refractivity contribution >= 4 is 28.6 Å². The summed E-state index contributed by atoms with van der Waals surface area (Å²) in [4.78, 5) is 33.9. The van der Waals surface area contributed by atoms with Crippen LogP contribution >= 0.6 is 11.8 Å². The van der Waals surface area contributed by atoms with E-state index in [0.717, 1.165) is 25.8 Å². The van der Waals surface area contributed by atoms with Crippen molar-refractivity contribution in [2.75, 3.05) is 12.3 Å². The van der Waals surface area contributed by atoms with Crippen molar-refractivity contribution < 1.29 is 4.79 Å². The normalized spacial score (nSPS) is 18.8. The number of H-pyrrole nitrogens is 1. The fraction of sp³-hybridized carbons (Fsp3) is 0.526. The largest absolute Gasteiger partial charge is 0.338 e. The predicted molar refractivity (Wildman–Crippen MR) is 106 cm³/mol. The lowest BCUT2D eigenvalue weighted by atomic mass is 9.96. The number of rotatable bonds is 6. The summed E-state index contributed by atoms with van der Waals surface area (Å²) >= 11 is 1.61. The van der Waals surface area contributed by atoms with Crippen LogP contribution in [0.25, 0.3) is 10.9 Å². The number of amides is 1. The number of fused-ring (bicyclic) bond motifs is 1. The molecule has 0 bridgehead atoms. The van der Waals surface area contributed by atoms with Gasteiger partial charge in [0, 0.05) is 30.8 Å². The van der Waals surface area contributed by atoms with Gasteiger partial charge in [-0.2, -0.15) is 11.8 Å². The molecule has 140 valence electrons. The zero-order valence-electron chi connectivity index (χ0n) is 15.1. The fourth-order valence-corrected chi connectivity index (χ4v) is 4.28. The molecule has 1 fully saturated rings. The highest BCUT2D eigenvalue weighted by molar-refractivity contribution is 7.98. The lowest BCUT2D eigenvalue weighted by molar-refractivity contribution is -0.134. The first-order valence-electron chi connectivity index (χ1n) is 9.17. The highest BCUT2D eigenvalue weighted by Crippen LogP contribution is 2.21. The number of piperidine rings is 1. The van der Waals surface area contributed by atoms with Gasteiger partial charge in [0.2, 0.25) is 5.91 Å². The number of aromatic nitrogens is 2. The van der Waals surface area contributed by atoms with Crippen LogP contribution in [0.3, 0.4) is 0 Å². The van der Waals surface area contributed by atoms with E-state index in [-0.39, 0.29) is 23.6 Å². The van der Waals surface area contributed by atoms with Gasteiger partial charge in [-0.1, -0.05) is 12.1 Å². The van der Waals surface area contributed by atoms with Gasteiger partial charge in [-0.3, -0.25) is 9.59 Å². The van der Waals surface area contributed by atoms with Gasteiger partial charge in [0.1, 0.15) is 5.82 Å². The maximum absolute atomic E-state index is 12.5. The highest BCUT2D eigenvalue weighted by Gasteiger charge is 2.28. The number of carbonyl (C=O) groups excluding carboxylic acids is 1. The number of likely N-dealkylation sites (tertiary alicyclic amines) is 1. The minimum atomic E-state index is -0.115. The smallest absolute Gasteiger partial charge is 0.258 e. The Morgan fingerprint density at radius 3 is 3.04 bits per heavy atom. The second-order valence-electron chi connectivity index (χ2n) is 6.84. The Hall–Kier alpha value is -1.86. The average Bonchev–Trinajstić information content (AvgIpc) is 2.65. The van der Waals surface area contributed by atoms with Crippen molar-refractivity contribution in [3.63, 3.8) is 0 Å². The van der Waals surface area contributed by atoms with Gasteiger partial charge in [0.05, 0.1) is 16.7 Å². The van der Waals surface area contributed by atoms with Crippen molar-refractivity contribution in [3.8, 4) is 0 Å². The molecule has 1 aromatic heterocycles. The molecule has 2 unspecified atom stereocenters. The zero-order valence-corrected chi connectivity index (χ0v) is 15.9. The number of nitrogens with one attached hydrogen (secondary N) is 1. The van der Waals surface area contributed by atoms with Gasteiger partial charge >= 0.3 is 0 Å². The lowest BCUT2D eigenvalue weighted by Crippen LogP contribution is -2.51. The number of aromatic amines is 1. The van der Waals surface area contributed by atoms with Crippen LogP contribution in [-0.4, -0.2) is 45.2 Å². The van der Waals surface area contributed by atoms with Gasteiger partial charge < -0.3 is 15.6 Å². The van der Waals surface area contributed by atoms with Gasteiger partial charge in [-0.05, 0) is 38.3 Å². The first-order valence-corrected chi connectivity index (χ1v) is 10.3. The summed E-state index contributed by atoms with van der Waals surface area (Å²) in [7, 11) is 0. The molecule has 0 aliphatic carbocycles. The Morgan fingerprint density at radius 2 is 2.23 bits per heavy atom. The molecular formula is C19H26N4O2S. The zero-order chi connectivity index (χ0) is 18.5. The molecule has 1 aromatic carbocycles. The first-order chi connectivity index (χ1) is 12.6. The summed E-state index contributed by atoms with van der Waals surface area (Å²) in [6, 6.07) is 7.49. The second kappa shape index (κ2) is 8.68. The Morgan fingerprint density at radius 1 is 1.42 bits per heavy atom. The van der Waals surface area contributed by atoms with Crippen LogP contribution in [0.1, 0.15) is 38.4 Å². The van der Waals surface area contributed by atoms with Crippen LogP contribution in [0.2, 0.25) is 0 Å². The van der Waals surface area contributed by atoms with E-state index in [1.54, 1.807) is 17.8 Å². The van der Waals surface area contributed by atoms with Crippen molar-refractivity contribution in [2.24, 2.45) is 5.73 Å². The van der Waals surface area contributed by atoms with Crippen molar-refractivity contribution in [1.29, 1.82) is 0 Å². The van der Waals surface area contributed by atoms with E-state index in [9.17, 15) is 9.59 Å². The molecule has 2 atom stereocenters. The minimum absolute atomic E-state index is 0.0128. The Labute approximate surface area is 157 Å². The molecule has 1 saturated heterocycles. The summed E-state index contributed by atoms with van der Waals surface area (Å²) in [6.45, 7) is 2.79. The molecule has 3 N–H and O–H groups in total. The Bertz CT molecular complexity index is 821. The molecule has 2 aromatic rings. The topological polar surface area (TPSA) is 92.1 Å². The molecule has 3 rings (SSSR count). The third-order valence-corrected chi connectivity index (χ3v) is 5.81. The van der Waals surface area contributed by atoms with E-state index in [2.05, 4.69) is 9.97 Å². The number of nitrogens with zero attached hydrogens (tertiary/aromatic N) is 2. The number of hydrogen-bond donors (Lipinski definition) is 2. The van der Waals surface area contributed by atoms with Gasteiger partial charge in [-0.25, -0.2) is 4.98 Å². The molecule has 0 saturated carbocycles. The van der Waals surface area contributed by atoms with E-state index >= 15 is 0 Å². The number of thioether (sulfide) groups is 1. The van der Waals surface area contributed by atoms with Crippen LogP contribution < -0.4 is 11.3 Å². The summed E-state index contributed by atoms with van der Waals surface area (Å²) in [5.74, 6) is 2.12. The lowest BCUT2D eigenvalue weighted by Gasteiger charge is -2.38. The third-order valence-electron chi connectivity index (χ3n) is 4.84. The maximum atomic E-state index is 12.5. The SMILES string of the molecule is CC(N)C1CCCCN1C(=O)CCSCc1nc2ccccc2c(=O)[nH]1. The van der Waals surface area contributed by atoms with Crippen molar-refractivity contribution in [1.82, 2.24) is 14.9 Å². The number of benzene rings is 1. The summed E-state index contributed by atoms with van der Waals surface area (Å²) in [5.41, 5.74) is 6.63. The summed E-state index contributed by atoms with van der Waals surface area (Å²) in [5, 5.41) is 0.600. The van der Waals surface area contributed by atoms with E-state index in [1.807, 2.05) is 30.0 Å².